The Bertz CT molecular complexity index is 550. The second-order valence-electron chi connectivity index (χ2n) is 5.95. The minimum absolute atomic E-state index is 0.624. The van der Waals surface area contributed by atoms with Crippen LogP contribution in [-0.2, 0) is 6.42 Å². The molecule has 0 aliphatic carbocycles. The van der Waals surface area contributed by atoms with E-state index in [4.69, 9.17) is 0 Å². The first-order valence-corrected chi connectivity index (χ1v) is 8.13. The first kappa shape index (κ1) is 15.0. The number of hydrogen-bond acceptors (Lipinski definition) is 4. The monoisotopic (exact) mass is 296 g/mol. The lowest BCUT2D eigenvalue weighted by Gasteiger charge is -2.38. The van der Waals surface area contributed by atoms with Gasteiger partial charge in [0, 0.05) is 44.6 Å². The Balaban J connectivity index is 1.46. The minimum atomic E-state index is 0.624. The molecule has 0 bridgehead atoms. The maximum absolute atomic E-state index is 4.34. The fraction of sp³-hybridized carbons (Fsp3) is 0.444. The highest BCUT2D eigenvalue weighted by atomic mass is 15.3. The average molecular weight is 296 g/mol. The zero-order valence-corrected chi connectivity index (χ0v) is 13.2. The summed E-state index contributed by atoms with van der Waals surface area (Å²) in [4.78, 5) is 13.6. The van der Waals surface area contributed by atoms with Crippen molar-refractivity contribution in [1.82, 2.24) is 14.9 Å². The molecule has 2 heterocycles. The zero-order chi connectivity index (χ0) is 15.2. The Labute approximate surface area is 132 Å². The van der Waals surface area contributed by atoms with E-state index in [0.29, 0.717) is 6.04 Å². The molecule has 1 unspecified atom stereocenters. The molecule has 1 aromatic carbocycles. The van der Waals surface area contributed by atoms with E-state index in [1.807, 2.05) is 18.5 Å². The summed E-state index contributed by atoms with van der Waals surface area (Å²) >= 11 is 0. The molecule has 0 saturated carbocycles. The molecular formula is C18H24N4. The van der Waals surface area contributed by atoms with Crippen LogP contribution in [0.25, 0.3) is 0 Å². The number of benzene rings is 1. The first-order valence-electron chi connectivity index (χ1n) is 8.13. The van der Waals surface area contributed by atoms with Gasteiger partial charge in [-0.1, -0.05) is 30.3 Å². The molecule has 4 nitrogen and oxygen atoms in total. The first-order chi connectivity index (χ1) is 10.8. The van der Waals surface area contributed by atoms with E-state index in [9.17, 15) is 0 Å². The van der Waals surface area contributed by atoms with E-state index in [-0.39, 0.29) is 0 Å². The molecule has 0 amide bonds. The van der Waals surface area contributed by atoms with E-state index < -0.39 is 0 Å². The molecule has 116 valence electrons. The predicted octanol–water partition coefficient (Wildman–Crippen LogP) is 2.62. The molecular weight excluding hydrogens is 272 g/mol. The Kier molecular flexibility index (Phi) is 5.01. The van der Waals surface area contributed by atoms with Crippen LogP contribution >= 0.6 is 0 Å². The quantitative estimate of drug-likeness (QED) is 0.849. The van der Waals surface area contributed by atoms with Gasteiger partial charge < -0.3 is 4.90 Å². The molecule has 1 saturated heterocycles. The Morgan fingerprint density at radius 2 is 1.64 bits per heavy atom. The van der Waals surface area contributed by atoms with Gasteiger partial charge in [-0.2, -0.15) is 0 Å². The van der Waals surface area contributed by atoms with Crippen LogP contribution in [0, 0.1) is 0 Å². The van der Waals surface area contributed by atoms with Crippen LogP contribution in [0.1, 0.15) is 18.9 Å². The molecule has 1 aliphatic rings. The van der Waals surface area contributed by atoms with E-state index in [1.165, 1.54) is 12.0 Å². The van der Waals surface area contributed by atoms with Crippen molar-refractivity contribution in [3.05, 3.63) is 54.4 Å². The average Bonchev–Trinajstić information content (AvgIpc) is 2.61. The second kappa shape index (κ2) is 7.36. The van der Waals surface area contributed by atoms with E-state index in [1.54, 1.807) is 0 Å². The highest BCUT2D eigenvalue weighted by molar-refractivity contribution is 5.29. The van der Waals surface area contributed by atoms with Crippen molar-refractivity contribution >= 4 is 5.95 Å². The lowest BCUT2D eigenvalue weighted by Crippen LogP contribution is -2.50. The third kappa shape index (κ3) is 3.83. The molecule has 3 rings (SSSR count). The fourth-order valence-corrected chi connectivity index (χ4v) is 3.02. The topological polar surface area (TPSA) is 32.3 Å². The summed E-state index contributed by atoms with van der Waals surface area (Å²) in [6, 6.07) is 13.3. The number of aromatic nitrogens is 2. The minimum Gasteiger partial charge on any atom is -0.338 e. The number of aryl methyl sites for hydroxylation is 1. The molecule has 2 aromatic rings. The molecule has 22 heavy (non-hydrogen) atoms. The van der Waals surface area contributed by atoms with Crippen molar-refractivity contribution in [3.63, 3.8) is 0 Å². The van der Waals surface area contributed by atoms with Gasteiger partial charge in [-0.25, -0.2) is 9.97 Å². The van der Waals surface area contributed by atoms with Crippen molar-refractivity contribution in [1.29, 1.82) is 0 Å². The molecule has 1 aliphatic heterocycles. The van der Waals surface area contributed by atoms with Gasteiger partial charge in [0.05, 0.1) is 0 Å². The van der Waals surface area contributed by atoms with Crippen LogP contribution < -0.4 is 4.90 Å². The van der Waals surface area contributed by atoms with Crippen LogP contribution in [0.15, 0.2) is 48.8 Å². The number of piperazine rings is 1. The SMILES string of the molecule is CC(CCc1ccccc1)N1CCN(c2ncccn2)CC1. The summed E-state index contributed by atoms with van der Waals surface area (Å²) < 4.78 is 0. The van der Waals surface area contributed by atoms with Crippen LogP contribution in [0.3, 0.4) is 0 Å². The van der Waals surface area contributed by atoms with Crippen molar-refractivity contribution in [2.45, 2.75) is 25.8 Å². The van der Waals surface area contributed by atoms with Gasteiger partial charge in [-0.15, -0.1) is 0 Å². The van der Waals surface area contributed by atoms with E-state index >= 15 is 0 Å². The standard InChI is InChI=1S/C18H24N4/c1-16(8-9-17-6-3-2-4-7-17)21-12-14-22(15-13-21)18-19-10-5-11-20-18/h2-7,10-11,16H,8-9,12-15H2,1H3. The largest absolute Gasteiger partial charge is 0.338 e. The smallest absolute Gasteiger partial charge is 0.225 e. The highest BCUT2D eigenvalue weighted by Gasteiger charge is 2.22. The summed E-state index contributed by atoms with van der Waals surface area (Å²) in [5.74, 6) is 0.860. The Morgan fingerprint density at radius 1 is 0.955 bits per heavy atom. The normalized spacial score (nSPS) is 17.4. The van der Waals surface area contributed by atoms with Gasteiger partial charge in [-0.05, 0) is 31.4 Å². The molecule has 0 radical (unpaired) electrons. The van der Waals surface area contributed by atoms with Crippen molar-refractivity contribution < 1.29 is 0 Å². The molecule has 0 N–H and O–H groups in total. The van der Waals surface area contributed by atoms with Crippen molar-refractivity contribution in [3.8, 4) is 0 Å². The summed E-state index contributed by atoms with van der Waals surface area (Å²) in [6.07, 6.45) is 6.00. The van der Waals surface area contributed by atoms with Gasteiger partial charge in [-0.3, -0.25) is 4.90 Å². The maximum Gasteiger partial charge on any atom is 0.225 e. The third-order valence-corrected chi connectivity index (χ3v) is 4.47. The molecule has 4 heteroatoms. The summed E-state index contributed by atoms with van der Waals surface area (Å²) in [6.45, 7) is 6.55. The van der Waals surface area contributed by atoms with Gasteiger partial charge in [0.1, 0.15) is 0 Å². The van der Waals surface area contributed by atoms with Crippen LogP contribution in [0.5, 0.6) is 0 Å². The number of rotatable bonds is 5. The molecule has 1 fully saturated rings. The summed E-state index contributed by atoms with van der Waals surface area (Å²) in [5, 5.41) is 0. The molecule has 1 aromatic heterocycles. The highest BCUT2D eigenvalue weighted by Crippen LogP contribution is 2.15. The predicted molar refractivity (Wildman–Crippen MR) is 90.0 cm³/mol. The fourth-order valence-electron chi connectivity index (χ4n) is 3.02. The number of nitrogens with zero attached hydrogens (tertiary/aromatic N) is 4. The van der Waals surface area contributed by atoms with Crippen LogP contribution in [-0.4, -0.2) is 47.1 Å². The molecule has 1 atom stereocenters. The van der Waals surface area contributed by atoms with Crippen molar-refractivity contribution in [2.24, 2.45) is 0 Å². The van der Waals surface area contributed by atoms with Gasteiger partial charge in [0.2, 0.25) is 5.95 Å². The van der Waals surface area contributed by atoms with Gasteiger partial charge in [0.15, 0.2) is 0 Å². The third-order valence-electron chi connectivity index (χ3n) is 4.47. The maximum atomic E-state index is 4.34. The zero-order valence-electron chi connectivity index (χ0n) is 13.2. The Morgan fingerprint density at radius 3 is 2.32 bits per heavy atom. The van der Waals surface area contributed by atoms with Crippen LogP contribution in [0.4, 0.5) is 5.95 Å². The summed E-state index contributed by atoms with van der Waals surface area (Å²) in [7, 11) is 0. The van der Waals surface area contributed by atoms with Crippen LogP contribution in [0.2, 0.25) is 0 Å². The van der Waals surface area contributed by atoms with E-state index in [2.05, 4.69) is 57.0 Å². The summed E-state index contributed by atoms with van der Waals surface area (Å²) in [5.41, 5.74) is 1.44. The second-order valence-corrected chi connectivity index (χ2v) is 5.95. The Hall–Kier alpha value is -1.94. The molecule has 0 spiro atoms. The number of hydrogen-bond donors (Lipinski definition) is 0. The van der Waals surface area contributed by atoms with Crippen molar-refractivity contribution in [2.75, 3.05) is 31.1 Å². The lowest BCUT2D eigenvalue weighted by atomic mass is 10.0. The lowest BCUT2D eigenvalue weighted by molar-refractivity contribution is 0.188. The van der Waals surface area contributed by atoms with Gasteiger partial charge >= 0.3 is 0 Å². The van der Waals surface area contributed by atoms with E-state index in [0.717, 1.165) is 38.5 Å². The number of anilines is 1. The van der Waals surface area contributed by atoms with Gasteiger partial charge in [0.25, 0.3) is 0 Å².